The number of rotatable bonds is 5. The Bertz CT molecular complexity index is 587. The van der Waals surface area contributed by atoms with Crippen molar-refractivity contribution in [1.29, 1.82) is 0 Å². The van der Waals surface area contributed by atoms with Gasteiger partial charge in [-0.1, -0.05) is 17.4 Å². The molecule has 1 amide bonds. The van der Waals surface area contributed by atoms with Crippen molar-refractivity contribution in [3.05, 3.63) is 5.82 Å². The van der Waals surface area contributed by atoms with Crippen LogP contribution < -0.4 is 0 Å². The zero-order valence-corrected chi connectivity index (χ0v) is 16.2. The van der Waals surface area contributed by atoms with Crippen LogP contribution in [0.2, 0.25) is 0 Å². The van der Waals surface area contributed by atoms with Crippen molar-refractivity contribution >= 4 is 23.3 Å². The molecule has 140 valence electrons. The summed E-state index contributed by atoms with van der Waals surface area (Å²) in [4.78, 5) is 16.7. The van der Waals surface area contributed by atoms with Gasteiger partial charge in [-0.25, -0.2) is 4.79 Å². The molecule has 1 saturated heterocycles. The molecule has 0 bridgehead atoms. The summed E-state index contributed by atoms with van der Waals surface area (Å²) in [5.41, 5.74) is -0.557. The van der Waals surface area contributed by atoms with Crippen LogP contribution in [-0.2, 0) is 15.9 Å². The number of nitrogens with zero attached hydrogens (tertiary/aromatic N) is 5. The van der Waals surface area contributed by atoms with Crippen LogP contribution in [-0.4, -0.2) is 86.5 Å². The summed E-state index contributed by atoms with van der Waals surface area (Å²) < 4.78 is 11.4. The van der Waals surface area contributed by atoms with E-state index in [-0.39, 0.29) is 18.2 Å². The highest BCUT2D eigenvalue weighted by atomic mass is 32.1. The van der Waals surface area contributed by atoms with Crippen LogP contribution in [0.5, 0.6) is 0 Å². The highest BCUT2D eigenvalue weighted by Gasteiger charge is 2.40. The van der Waals surface area contributed by atoms with E-state index in [4.69, 9.17) is 21.7 Å². The summed E-state index contributed by atoms with van der Waals surface area (Å²) in [5.74, 6) is 0.599. The number of likely N-dealkylation sites (N-methyl/N-ethyl adjacent to an activating group) is 1. The first-order valence-corrected chi connectivity index (χ1v) is 8.63. The second kappa shape index (κ2) is 8.05. The van der Waals surface area contributed by atoms with Gasteiger partial charge >= 0.3 is 6.09 Å². The Hall–Kier alpha value is -1.81. The van der Waals surface area contributed by atoms with Crippen molar-refractivity contribution in [1.82, 2.24) is 30.4 Å². The molecule has 0 unspecified atom stereocenters. The molecule has 0 aromatic carbocycles. The number of hydrogen-bond donors (Lipinski definition) is 1. The van der Waals surface area contributed by atoms with Gasteiger partial charge in [-0.3, -0.25) is 4.90 Å². The third-order valence-electron chi connectivity index (χ3n) is 3.68. The molecule has 25 heavy (non-hydrogen) atoms. The normalized spacial score (nSPS) is 20.6. The van der Waals surface area contributed by atoms with Crippen LogP contribution in [0.15, 0.2) is 0 Å². The number of amides is 1. The van der Waals surface area contributed by atoms with Gasteiger partial charge in [0.2, 0.25) is 0 Å². The van der Waals surface area contributed by atoms with Gasteiger partial charge in [-0.2, -0.15) is 5.21 Å². The van der Waals surface area contributed by atoms with E-state index in [2.05, 4.69) is 20.6 Å². The lowest BCUT2D eigenvalue weighted by atomic mass is 10.2. The third-order valence-corrected chi connectivity index (χ3v) is 4.32. The molecule has 10 heteroatoms. The maximum Gasteiger partial charge on any atom is 0.410 e. The molecular weight excluding hydrogens is 344 g/mol. The van der Waals surface area contributed by atoms with Gasteiger partial charge in [0.15, 0.2) is 5.82 Å². The number of carbonyl (C=O) groups is 1. The summed E-state index contributed by atoms with van der Waals surface area (Å²) in [6.45, 7) is 6.44. The van der Waals surface area contributed by atoms with Crippen molar-refractivity contribution < 1.29 is 14.3 Å². The highest BCUT2D eigenvalue weighted by Crippen LogP contribution is 2.25. The smallest absolute Gasteiger partial charge is 0.410 e. The van der Waals surface area contributed by atoms with Gasteiger partial charge < -0.3 is 14.4 Å². The third kappa shape index (κ3) is 5.60. The van der Waals surface area contributed by atoms with E-state index >= 15 is 0 Å². The van der Waals surface area contributed by atoms with Crippen LogP contribution in [0.25, 0.3) is 0 Å². The maximum absolute atomic E-state index is 12.5. The molecule has 9 nitrogen and oxygen atoms in total. The molecule has 0 spiro atoms. The van der Waals surface area contributed by atoms with Crippen LogP contribution >= 0.6 is 12.2 Å². The number of H-pyrrole nitrogens is 1. The van der Waals surface area contributed by atoms with Gasteiger partial charge in [0, 0.05) is 26.9 Å². The Morgan fingerprint density at radius 3 is 2.72 bits per heavy atom. The van der Waals surface area contributed by atoms with Gasteiger partial charge in [0.05, 0.1) is 25.3 Å². The summed E-state index contributed by atoms with van der Waals surface area (Å²) in [6.07, 6.45) is 0.721. The molecule has 1 N–H and O–H groups in total. The summed E-state index contributed by atoms with van der Waals surface area (Å²) in [5, 5.41) is 13.7. The maximum atomic E-state index is 12.5. The van der Waals surface area contributed by atoms with Gasteiger partial charge in [-0.15, -0.1) is 10.2 Å². The first-order valence-electron chi connectivity index (χ1n) is 8.22. The van der Waals surface area contributed by atoms with Crippen LogP contribution in [0.3, 0.4) is 0 Å². The quantitative estimate of drug-likeness (QED) is 0.768. The van der Waals surface area contributed by atoms with Gasteiger partial charge in [0.25, 0.3) is 0 Å². The predicted molar refractivity (Wildman–Crippen MR) is 95.3 cm³/mol. The topological polar surface area (TPSA) is 96.5 Å². The molecule has 1 fully saturated rings. The van der Waals surface area contributed by atoms with E-state index < -0.39 is 5.60 Å². The Balaban J connectivity index is 1.97. The summed E-state index contributed by atoms with van der Waals surface area (Å²) >= 11 is 5.49. The van der Waals surface area contributed by atoms with Crippen LogP contribution in [0, 0.1) is 0 Å². The van der Waals surface area contributed by atoms with Gasteiger partial charge in [0.1, 0.15) is 10.6 Å². The van der Waals surface area contributed by atoms with E-state index in [0.29, 0.717) is 36.8 Å². The fourth-order valence-electron chi connectivity index (χ4n) is 2.58. The molecule has 2 heterocycles. The largest absolute Gasteiger partial charge is 0.444 e. The van der Waals surface area contributed by atoms with E-state index in [1.807, 2.05) is 39.8 Å². The fourth-order valence-corrected chi connectivity index (χ4v) is 2.80. The Labute approximate surface area is 153 Å². The summed E-state index contributed by atoms with van der Waals surface area (Å²) in [6, 6.07) is -0.213. The van der Waals surface area contributed by atoms with E-state index in [9.17, 15) is 4.79 Å². The van der Waals surface area contributed by atoms with Crippen molar-refractivity contribution in [3.8, 4) is 0 Å². The number of aromatic amines is 1. The Morgan fingerprint density at radius 1 is 1.44 bits per heavy atom. The standard InChI is InChI=1S/C15H26N6O3S/c1-15(2,3)24-14(22)21-9-10(8-11(21)13(25)20(4)5)23-7-6-12-16-18-19-17-12/h10-11H,6-9H2,1-5H3,(H,16,17,18,19)/t10-,11+/m1/s1. The lowest BCUT2D eigenvalue weighted by molar-refractivity contribution is 0.0193. The number of likely N-dealkylation sites (tertiary alicyclic amines) is 1. The minimum atomic E-state index is -0.557. The van der Waals surface area contributed by atoms with Gasteiger partial charge in [-0.05, 0) is 20.8 Å². The molecule has 1 aliphatic heterocycles. The summed E-state index contributed by atoms with van der Waals surface area (Å²) in [7, 11) is 3.75. The monoisotopic (exact) mass is 370 g/mol. The lowest BCUT2D eigenvalue weighted by Gasteiger charge is -2.30. The molecular formula is C15H26N6O3S. The average Bonchev–Trinajstić information content (AvgIpc) is 3.14. The molecule has 2 atom stereocenters. The minimum absolute atomic E-state index is 0.109. The van der Waals surface area contributed by atoms with E-state index in [0.717, 1.165) is 0 Å². The number of carbonyl (C=O) groups excluding carboxylic acids is 1. The Kier molecular flexibility index (Phi) is 6.28. The minimum Gasteiger partial charge on any atom is -0.444 e. The Morgan fingerprint density at radius 2 is 2.16 bits per heavy atom. The molecule has 0 saturated carbocycles. The van der Waals surface area contributed by atoms with E-state index in [1.165, 1.54) is 0 Å². The average molecular weight is 370 g/mol. The number of tetrazole rings is 1. The molecule has 2 rings (SSSR count). The molecule has 0 radical (unpaired) electrons. The first-order chi connectivity index (χ1) is 11.7. The number of nitrogens with one attached hydrogen (secondary N) is 1. The van der Waals surface area contributed by atoms with E-state index in [1.54, 1.807) is 4.90 Å². The van der Waals surface area contributed by atoms with Crippen molar-refractivity contribution in [2.75, 3.05) is 27.2 Å². The number of ether oxygens (including phenoxy) is 2. The second-order valence-corrected chi connectivity index (χ2v) is 7.61. The molecule has 1 aromatic heterocycles. The van der Waals surface area contributed by atoms with Crippen molar-refractivity contribution in [2.45, 2.75) is 51.4 Å². The zero-order chi connectivity index (χ0) is 18.6. The molecule has 0 aliphatic carbocycles. The number of hydrogen-bond acceptors (Lipinski definition) is 7. The lowest BCUT2D eigenvalue weighted by Crippen LogP contribution is -2.46. The second-order valence-electron chi connectivity index (χ2n) is 7.19. The number of aromatic nitrogens is 4. The van der Waals surface area contributed by atoms with Crippen LogP contribution in [0.1, 0.15) is 33.0 Å². The SMILES string of the molecule is CN(C)C(=S)[C@@H]1C[C@@H](OCCc2nn[nH]n2)CN1C(=O)OC(C)(C)C. The molecule has 1 aromatic rings. The predicted octanol–water partition coefficient (Wildman–Crippen LogP) is 1.03. The zero-order valence-electron chi connectivity index (χ0n) is 15.4. The fraction of sp³-hybridized carbons (Fsp3) is 0.800. The number of thiocarbonyl (C=S) groups is 1. The highest BCUT2D eigenvalue weighted by molar-refractivity contribution is 7.80. The van der Waals surface area contributed by atoms with Crippen LogP contribution in [0.4, 0.5) is 4.79 Å². The molecule has 1 aliphatic rings. The van der Waals surface area contributed by atoms with Crippen molar-refractivity contribution in [2.24, 2.45) is 0 Å². The van der Waals surface area contributed by atoms with Crippen molar-refractivity contribution in [3.63, 3.8) is 0 Å². The first kappa shape index (κ1) is 19.5.